The van der Waals surface area contributed by atoms with Gasteiger partial charge in [0.15, 0.2) is 18.5 Å². The average molecular weight is 612 g/mol. The van der Waals surface area contributed by atoms with E-state index in [0.29, 0.717) is 0 Å². The Morgan fingerprint density at radius 1 is 0.952 bits per heavy atom. The highest BCUT2D eigenvalue weighted by Crippen LogP contribution is 2.33. The summed E-state index contributed by atoms with van der Waals surface area (Å²) in [4.78, 5) is 16.3. The number of nitrogens with two attached hydrogens (primary N) is 5. The molecule has 42 heavy (non-hydrogen) atoms. The van der Waals surface area contributed by atoms with Gasteiger partial charge in [-0.2, -0.15) is 0 Å². The molecule has 18 N–H and O–H groups in total. The fraction of sp³-hybridized carbons (Fsp3) is 0.913. The van der Waals surface area contributed by atoms with Gasteiger partial charge in [0.2, 0.25) is 5.91 Å². The van der Waals surface area contributed by atoms with Crippen LogP contribution in [0.3, 0.4) is 0 Å². The summed E-state index contributed by atoms with van der Waals surface area (Å²) < 4.78 is 23.1. The molecule has 1 saturated carbocycles. The lowest BCUT2D eigenvalue weighted by atomic mass is 9.83. The minimum absolute atomic E-state index is 0.0267. The molecule has 19 nitrogen and oxygen atoms in total. The van der Waals surface area contributed by atoms with E-state index < -0.39 is 104 Å². The normalized spacial score (nSPS) is 43.9. The van der Waals surface area contributed by atoms with Crippen LogP contribution in [0.1, 0.15) is 19.8 Å². The van der Waals surface area contributed by atoms with Crippen LogP contribution < -0.4 is 34.0 Å². The number of aliphatic imine (C=N–C) groups is 1. The summed E-state index contributed by atoms with van der Waals surface area (Å²) in [5.74, 6) is -1.11. The second-order valence-electron chi connectivity index (χ2n) is 10.9. The van der Waals surface area contributed by atoms with Crippen LogP contribution in [0.4, 0.5) is 0 Å². The van der Waals surface area contributed by atoms with Crippen LogP contribution in [0.15, 0.2) is 4.99 Å². The van der Waals surface area contributed by atoms with Gasteiger partial charge in [-0.3, -0.25) is 9.79 Å². The third-order valence-corrected chi connectivity index (χ3v) is 7.61. The maximum Gasteiger partial charge on any atom is 0.249 e. The third-order valence-electron chi connectivity index (χ3n) is 7.61. The van der Waals surface area contributed by atoms with Crippen LogP contribution in [-0.4, -0.2) is 159 Å². The highest BCUT2D eigenvalue weighted by molar-refractivity contribution is 5.80. The Labute approximate surface area is 241 Å². The molecular formula is C23H45N7O12. The molecule has 16 atom stereocenters. The summed E-state index contributed by atoms with van der Waals surface area (Å²) in [7, 11) is 0. The molecule has 0 radical (unpaired) electrons. The number of hydrogen-bond donors (Lipinski definition) is 13. The smallest absolute Gasteiger partial charge is 0.249 e. The maximum absolute atomic E-state index is 12.5. The number of hydrogen-bond acceptors (Lipinski definition) is 16. The van der Waals surface area contributed by atoms with Crippen molar-refractivity contribution in [2.24, 2.45) is 33.7 Å². The van der Waals surface area contributed by atoms with Crippen LogP contribution in [0, 0.1) is 0 Å². The van der Waals surface area contributed by atoms with Crippen molar-refractivity contribution >= 4 is 11.9 Å². The van der Waals surface area contributed by atoms with E-state index in [4.69, 9.17) is 47.6 Å². The Balaban J connectivity index is 1.86. The summed E-state index contributed by atoms with van der Waals surface area (Å²) in [6.07, 6.45) is -18.9. The molecular weight excluding hydrogens is 566 g/mol. The Morgan fingerprint density at radius 3 is 2.19 bits per heavy atom. The number of carbonyl (C=O) groups is 1. The summed E-state index contributed by atoms with van der Waals surface area (Å²) in [5, 5.41) is 75.7. The zero-order valence-corrected chi connectivity index (χ0v) is 23.1. The lowest BCUT2D eigenvalue weighted by Gasteiger charge is -2.48. The molecule has 3 fully saturated rings. The van der Waals surface area contributed by atoms with E-state index in [1.807, 2.05) is 0 Å². The second kappa shape index (κ2) is 14.8. The molecule has 2 heterocycles. The lowest BCUT2D eigenvalue weighted by Crippen LogP contribution is -2.69. The quantitative estimate of drug-likeness (QED) is 0.0761. The van der Waals surface area contributed by atoms with Crippen molar-refractivity contribution in [2.45, 2.75) is 118 Å². The molecule has 1 aliphatic carbocycles. The van der Waals surface area contributed by atoms with E-state index in [-0.39, 0.29) is 31.9 Å². The SMILES string of the molecule is C[C@@H](O)C1O[C@H](O[C@@H]2C(N)C[C@@H](NC(=O)[C@@H](O)CCN)[C@@H](O)C2O[C@@H]2O[C@H](CN=C(N)N)C(O)[C@@H]2O)C(N)[C@@H](O)[C@@H]1O. The minimum Gasteiger partial charge on any atom is -0.391 e. The van der Waals surface area contributed by atoms with E-state index in [2.05, 4.69) is 10.3 Å². The molecule has 2 aliphatic heterocycles. The number of aliphatic hydroxyl groups excluding tert-OH is 7. The Bertz CT molecular complexity index is 917. The number of nitrogens with zero attached hydrogens (tertiary/aromatic N) is 1. The van der Waals surface area contributed by atoms with Crippen molar-refractivity contribution in [2.75, 3.05) is 13.1 Å². The summed E-state index contributed by atoms with van der Waals surface area (Å²) in [6, 6.07) is -3.45. The zero-order chi connectivity index (χ0) is 31.5. The van der Waals surface area contributed by atoms with Crippen LogP contribution in [0.25, 0.3) is 0 Å². The van der Waals surface area contributed by atoms with Gasteiger partial charge >= 0.3 is 0 Å². The largest absolute Gasteiger partial charge is 0.391 e. The molecule has 1 amide bonds. The van der Waals surface area contributed by atoms with E-state index in [1.54, 1.807) is 0 Å². The monoisotopic (exact) mass is 611 g/mol. The molecule has 0 spiro atoms. The molecule has 0 bridgehead atoms. The fourth-order valence-electron chi connectivity index (χ4n) is 5.20. The Hall–Kier alpha value is -1.82. The maximum atomic E-state index is 12.5. The van der Waals surface area contributed by atoms with Crippen molar-refractivity contribution in [1.82, 2.24) is 5.32 Å². The van der Waals surface area contributed by atoms with Gasteiger partial charge in [-0.1, -0.05) is 0 Å². The first-order chi connectivity index (χ1) is 19.7. The number of rotatable bonds is 11. The number of guanidine groups is 1. The van der Waals surface area contributed by atoms with Crippen molar-refractivity contribution in [1.29, 1.82) is 0 Å². The molecule has 0 aromatic heterocycles. The first-order valence-electron chi connectivity index (χ1n) is 13.6. The highest BCUT2D eigenvalue weighted by Gasteiger charge is 2.53. The molecule has 244 valence electrons. The molecule has 2 saturated heterocycles. The van der Waals surface area contributed by atoms with Gasteiger partial charge in [0.1, 0.15) is 61.0 Å². The number of ether oxygens (including phenoxy) is 4. The van der Waals surface area contributed by atoms with Gasteiger partial charge < -0.3 is 88.7 Å². The number of amides is 1. The zero-order valence-electron chi connectivity index (χ0n) is 23.1. The van der Waals surface area contributed by atoms with Gasteiger partial charge in [-0.05, 0) is 26.3 Å². The van der Waals surface area contributed by atoms with Crippen molar-refractivity contribution < 1.29 is 59.5 Å². The lowest BCUT2D eigenvalue weighted by molar-refractivity contribution is -0.315. The van der Waals surface area contributed by atoms with E-state index in [1.165, 1.54) is 6.92 Å². The third kappa shape index (κ3) is 7.81. The Morgan fingerprint density at radius 2 is 1.60 bits per heavy atom. The summed E-state index contributed by atoms with van der Waals surface area (Å²) in [5.41, 5.74) is 28.5. The van der Waals surface area contributed by atoms with Crippen molar-refractivity contribution in [3.63, 3.8) is 0 Å². The summed E-state index contributed by atoms with van der Waals surface area (Å²) >= 11 is 0. The van der Waals surface area contributed by atoms with Crippen LogP contribution in [0.2, 0.25) is 0 Å². The second-order valence-corrected chi connectivity index (χ2v) is 10.9. The molecule has 0 aromatic carbocycles. The number of carbonyl (C=O) groups excluding carboxylic acids is 1. The molecule has 3 aliphatic rings. The highest BCUT2D eigenvalue weighted by atomic mass is 16.7. The molecule has 5 unspecified atom stereocenters. The van der Waals surface area contributed by atoms with Gasteiger partial charge in [0, 0.05) is 6.04 Å². The van der Waals surface area contributed by atoms with E-state index in [9.17, 15) is 40.5 Å². The van der Waals surface area contributed by atoms with E-state index in [0.717, 1.165) is 0 Å². The van der Waals surface area contributed by atoms with Gasteiger partial charge in [0.25, 0.3) is 0 Å². The number of nitrogens with one attached hydrogen (secondary N) is 1. The molecule has 19 heteroatoms. The standard InChI is InChI=1S/C23H45N7O12/c1-6(31)17-15(36)14(35)11(26)21(40-17)41-18-7(25)4-8(30-20(38)9(32)2-3-24)12(33)19(18)42-22-16(37)13(34)10(39-22)5-29-23(27)28/h6-19,21-22,31-37H,2-5,24-26H2,1H3,(H,30,38)(H4,27,28,29)/t6-,7?,8-,9+,10-,11?,12-,13?,14-,15+,16+,17?,18-,19?,21-,22+/m1/s1. The van der Waals surface area contributed by atoms with Gasteiger partial charge in [-0.15, -0.1) is 0 Å². The predicted molar refractivity (Wildman–Crippen MR) is 142 cm³/mol. The van der Waals surface area contributed by atoms with Crippen LogP contribution in [-0.2, 0) is 23.7 Å². The average Bonchev–Trinajstić information content (AvgIpc) is 3.19. The Kier molecular flexibility index (Phi) is 12.2. The first-order valence-corrected chi connectivity index (χ1v) is 13.6. The van der Waals surface area contributed by atoms with Crippen LogP contribution >= 0.6 is 0 Å². The molecule has 3 rings (SSSR count). The molecule has 0 aromatic rings. The fourth-order valence-corrected chi connectivity index (χ4v) is 5.20. The number of aliphatic hydroxyl groups is 7. The van der Waals surface area contributed by atoms with Crippen LogP contribution in [0.5, 0.6) is 0 Å². The van der Waals surface area contributed by atoms with Gasteiger partial charge in [-0.25, -0.2) is 0 Å². The van der Waals surface area contributed by atoms with Gasteiger partial charge in [0.05, 0.1) is 24.7 Å². The van der Waals surface area contributed by atoms with Crippen molar-refractivity contribution in [3.05, 3.63) is 0 Å². The topological polar surface area (TPSA) is 350 Å². The van der Waals surface area contributed by atoms with Crippen molar-refractivity contribution in [3.8, 4) is 0 Å². The van der Waals surface area contributed by atoms with E-state index >= 15 is 0 Å². The summed E-state index contributed by atoms with van der Waals surface area (Å²) in [6.45, 7) is 1.13. The predicted octanol–water partition coefficient (Wildman–Crippen LogP) is -8.08. The first kappa shape index (κ1) is 34.7. The minimum atomic E-state index is -1.64.